The molecule has 6 heteroatoms. The predicted molar refractivity (Wildman–Crippen MR) is 87.7 cm³/mol. The van der Waals surface area contributed by atoms with Crippen molar-refractivity contribution < 1.29 is 14.0 Å². The summed E-state index contributed by atoms with van der Waals surface area (Å²) < 4.78 is 12.8. The third-order valence-electron chi connectivity index (χ3n) is 3.22. The molecular formula is C17H16ClFN2O2. The van der Waals surface area contributed by atoms with Gasteiger partial charge in [-0.25, -0.2) is 4.39 Å². The van der Waals surface area contributed by atoms with Crippen molar-refractivity contribution in [1.29, 1.82) is 0 Å². The summed E-state index contributed by atoms with van der Waals surface area (Å²) >= 11 is 5.82. The van der Waals surface area contributed by atoms with Crippen LogP contribution in [0.15, 0.2) is 48.5 Å². The third-order valence-corrected chi connectivity index (χ3v) is 3.48. The van der Waals surface area contributed by atoms with Gasteiger partial charge in [-0.2, -0.15) is 0 Å². The number of hydrogen-bond acceptors (Lipinski definition) is 2. The van der Waals surface area contributed by atoms with Crippen LogP contribution in [0.5, 0.6) is 0 Å². The van der Waals surface area contributed by atoms with E-state index < -0.39 is 0 Å². The molecule has 0 fully saturated rings. The van der Waals surface area contributed by atoms with Gasteiger partial charge in [0, 0.05) is 24.2 Å². The molecule has 2 amide bonds. The Labute approximate surface area is 138 Å². The Kier molecular flexibility index (Phi) is 5.71. The topological polar surface area (TPSA) is 49.4 Å². The fourth-order valence-corrected chi connectivity index (χ4v) is 2.13. The first-order valence-electron chi connectivity index (χ1n) is 7.00. The minimum atomic E-state index is -0.328. The molecule has 2 rings (SSSR count). The van der Waals surface area contributed by atoms with Gasteiger partial charge in [0.05, 0.1) is 0 Å². The maximum Gasteiger partial charge on any atom is 0.240 e. The Bertz CT molecular complexity index is 687. The van der Waals surface area contributed by atoms with Crippen molar-refractivity contribution >= 4 is 29.1 Å². The first kappa shape index (κ1) is 17.0. The molecule has 0 aliphatic carbocycles. The van der Waals surface area contributed by atoms with Gasteiger partial charge in [0.25, 0.3) is 0 Å². The minimum absolute atomic E-state index is 0.0990. The van der Waals surface area contributed by atoms with E-state index in [2.05, 4.69) is 5.32 Å². The van der Waals surface area contributed by atoms with Crippen LogP contribution < -0.4 is 10.2 Å². The van der Waals surface area contributed by atoms with Gasteiger partial charge in [-0.1, -0.05) is 23.7 Å². The second-order valence-electron chi connectivity index (χ2n) is 4.98. The number of rotatable bonds is 5. The molecule has 2 aromatic carbocycles. The summed E-state index contributed by atoms with van der Waals surface area (Å²) in [6.45, 7) is 1.56. The Morgan fingerprint density at radius 2 is 1.70 bits per heavy atom. The molecule has 0 bridgehead atoms. The van der Waals surface area contributed by atoms with Crippen molar-refractivity contribution in [3.8, 4) is 0 Å². The zero-order chi connectivity index (χ0) is 16.8. The molecule has 0 aliphatic rings. The van der Waals surface area contributed by atoms with Crippen LogP contribution in [0.25, 0.3) is 0 Å². The first-order valence-corrected chi connectivity index (χ1v) is 7.38. The number of carbonyl (C=O) groups is 2. The van der Waals surface area contributed by atoms with E-state index in [1.54, 1.807) is 36.4 Å². The number of anilines is 1. The highest BCUT2D eigenvalue weighted by Gasteiger charge is 2.15. The predicted octanol–water partition coefficient (Wildman–Crippen LogP) is 3.15. The van der Waals surface area contributed by atoms with Crippen molar-refractivity contribution in [1.82, 2.24) is 5.32 Å². The Hall–Kier alpha value is -2.40. The highest BCUT2D eigenvalue weighted by molar-refractivity contribution is 6.30. The normalized spacial score (nSPS) is 10.2. The average molecular weight is 335 g/mol. The van der Waals surface area contributed by atoms with Crippen LogP contribution in [0.2, 0.25) is 5.02 Å². The molecular weight excluding hydrogens is 319 g/mol. The number of halogens is 2. The number of hydrogen-bond donors (Lipinski definition) is 1. The Morgan fingerprint density at radius 1 is 1.09 bits per heavy atom. The number of amides is 2. The second-order valence-corrected chi connectivity index (χ2v) is 5.42. The molecule has 0 radical (unpaired) electrons. The molecule has 23 heavy (non-hydrogen) atoms. The first-order chi connectivity index (χ1) is 11.0. The van der Waals surface area contributed by atoms with Crippen molar-refractivity contribution in [3.63, 3.8) is 0 Å². The second kappa shape index (κ2) is 7.74. The summed E-state index contributed by atoms with van der Waals surface area (Å²) in [6.07, 6.45) is 0. The van der Waals surface area contributed by atoms with Gasteiger partial charge < -0.3 is 10.2 Å². The van der Waals surface area contributed by atoms with E-state index in [1.165, 1.54) is 24.0 Å². The van der Waals surface area contributed by atoms with Crippen LogP contribution in [-0.4, -0.2) is 18.4 Å². The van der Waals surface area contributed by atoms with Crippen molar-refractivity contribution in [2.45, 2.75) is 13.5 Å². The quantitative estimate of drug-likeness (QED) is 0.913. The van der Waals surface area contributed by atoms with Crippen molar-refractivity contribution in [3.05, 3.63) is 64.9 Å². The van der Waals surface area contributed by atoms with Gasteiger partial charge in [0.1, 0.15) is 12.4 Å². The smallest absolute Gasteiger partial charge is 0.240 e. The summed E-state index contributed by atoms with van der Waals surface area (Å²) in [4.78, 5) is 25.1. The van der Waals surface area contributed by atoms with E-state index in [-0.39, 0.29) is 30.7 Å². The van der Waals surface area contributed by atoms with E-state index in [1.807, 2.05) is 0 Å². The molecule has 0 heterocycles. The van der Waals surface area contributed by atoms with Gasteiger partial charge in [-0.15, -0.1) is 0 Å². The van der Waals surface area contributed by atoms with Crippen LogP contribution in [-0.2, 0) is 16.1 Å². The van der Waals surface area contributed by atoms with Crippen LogP contribution in [0.3, 0.4) is 0 Å². The summed E-state index contributed by atoms with van der Waals surface area (Å²) in [5, 5.41) is 3.26. The standard InChI is InChI=1S/C17H16ClFN2O2/c1-12(22)21(16-8-4-14(18)5-9-16)11-17(23)20-10-13-2-6-15(19)7-3-13/h2-9H,10-11H2,1H3,(H,20,23). The minimum Gasteiger partial charge on any atom is -0.350 e. The average Bonchev–Trinajstić information content (AvgIpc) is 2.53. The number of carbonyl (C=O) groups excluding carboxylic acids is 2. The van der Waals surface area contributed by atoms with E-state index in [0.717, 1.165) is 5.56 Å². The number of nitrogens with one attached hydrogen (secondary N) is 1. The molecule has 0 aromatic heterocycles. The highest BCUT2D eigenvalue weighted by atomic mass is 35.5. The summed E-state index contributed by atoms with van der Waals surface area (Å²) in [5.74, 6) is -0.880. The van der Waals surface area contributed by atoms with Crippen LogP contribution >= 0.6 is 11.6 Å². The van der Waals surface area contributed by atoms with Gasteiger partial charge in [0.2, 0.25) is 11.8 Å². The van der Waals surface area contributed by atoms with E-state index in [0.29, 0.717) is 10.7 Å². The SMILES string of the molecule is CC(=O)N(CC(=O)NCc1ccc(F)cc1)c1ccc(Cl)cc1. The lowest BCUT2D eigenvalue weighted by Crippen LogP contribution is -2.39. The van der Waals surface area contributed by atoms with E-state index >= 15 is 0 Å². The van der Waals surface area contributed by atoms with Gasteiger partial charge >= 0.3 is 0 Å². The summed E-state index contributed by atoms with van der Waals surface area (Å²) in [6, 6.07) is 12.5. The summed E-state index contributed by atoms with van der Waals surface area (Å²) in [5.41, 5.74) is 1.37. The van der Waals surface area contributed by atoms with Crippen LogP contribution in [0.4, 0.5) is 10.1 Å². The Balaban J connectivity index is 1.96. The molecule has 0 spiro atoms. The van der Waals surface area contributed by atoms with E-state index in [9.17, 15) is 14.0 Å². The summed E-state index contributed by atoms with van der Waals surface area (Å²) in [7, 11) is 0. The number of nitrogens with zero attached hydrogens (tertiary/aromatic N) is 1. The molecule has 0 aliphatic heterocycles. The van der Waals surface area contributed by atoms with E-state index in [4.69, 9.17) is 11.6 Å². The van der Waals surface area contributed by atoms with Gasteiger partial charge in [0.15, 0.2) is 0 Å². The van der Waals surface area contributed by atoms with Crippen LogP contribution in [0, 0.1) is 5.82 Å². The number of benzene rings is 2. The Morgan fingerprint density at radius 3 is 2.26 bits per heavy atom. The zero-order valence-corrected chi connectivity index (χ0v) is 13.3. The maximum absolute atomic E-state index is 12.8. The molecule has 1 N–H and O–H groups in total. The monoisotopic (exact) mass is 334 g/mol. The van der Waals surface area contributed by atoms with Crippen molar-refractivity contribution in [2.75, 3.05) is 11.4 Å². The molecule has 2 aromatic rings. The van der Waals surface area contributed by atoms with Crippen molar-refractivity contribution in [2.24, 2.45) is 0 Å². The van der Waals surface area contributed by atoms with Gasteiger partial charge in [-0.3, -0.25) is 9.59 Å². The fraction of sp³-hybridized carbons (Fsp3) is 0.176. The van der Waals surface area contributed by atoms with Crippen LogP contribution in [0.1, 0.15) is 12.5 Å². The fourth-order valence-electron chi connectivity index (χ4n) is 2.01. The lowest BCUT2D eigenvalue weighted by atomic mass is 10.2. The zero-order valence-electron chi connectivity index (χ0n) is 12.6. The lowest BCUT2D eigenvalue weighted by molar-refractivity contribution is -0.123. The molecule has 0 unspecified atom stereocenters. The lowest BCUT2D eigenvalue weighted by Gasteiger charge is -2.20. The molecule has 0 atom stereocenters. The molecule has 0 saturated carbocycles. The largest absolute Gasteiger partial charge is 0.350 e. The maximum atomic E-state index is 12.8. The third kappa shape index (κ3) is 5.07. The van der Waals surface area contributed by atoms with Gasteiger partial charge in [-0.05, 0) is 42.0 Å². The molecule has 4 nitrogen and oxygen atoms in total. The molecule has 120 valence electrons. The molecule has 0 saturated heterocycles. The highest BCUT2D eigenvalue weighted by Crippen LogP contribution is 2.18.